The molecule has 0 aliphatic rings. The molecule has 0 saturated carbocycles. The summed E-state index contributed by atoms with van der Waals surface area (Å²) in [4.78, 5) is 43.7. The van der Waals surface area contributed by atoms with Crippen LogP contribution in [0, 0.1) is 11.8 Å². The first kappa shape index (κ1) is 75.7. The monoisotopic (exact) mass is 1100 g/mol. The number of aliphatic hydroxyl groups excluding tert-OH is 1. The lowest BCUT2D eigenvalue weighted by molar-refractivity contribution is -0.159. The maximum atomic E-state index is 13.0. The number of hydrogen-bond donors (Lipinski definition) is 1. The minimum Gasteiger partial charge on any atom is -0.466 e. The lowest BCUT2D eigenvalue weighted by atomic mass is 9.95. The van der Waals surface area contributed by atoms with Crippen LogP contribution in [0.1, 0.15) is 292 Å². The molecule has 0 rings (SSSR count). The average molecular weight is 1110 g/mol. The number of unbranched alkanes of at least 4 members (excludes halogenated alkanes) is 21. The minimum atomic E-state index is -0.378. The summed E-state index contributed by atoms with van der Waals surface area (Å²) >= 11 is 0. The molecule has 0 fully saturated rings. The van der Waals surface area contributed by atoms with E-state index in [1.807, 2.05) is 0 Å². The Morgan fingerprint density at radius 2 is 0.744 bits per heavy atom. The summed E-state index contributed by atoms with van der Waals surface area (Å²) in [7, 11) is 0. The summed E-state index contributed by atoms with van der Waals surface area (Å²) in [5.74, 6) is -0.0212. The second-order valence-electron chi connectivity index (χ2n) is 22.4. The van der Waals surface area contributed by atoms with E-state index < -0.39 is 0 Å². The molecule has 0 bridgehead atoms. The predicted octanol–water partition coefficient (Wildman–Crippen LogP) is 17.2. The van der Waals surface area contributed by atoms with Gasteiger partial charge in [-0.15, -0.1) is 0 Å². The molecule has 1 N–H and O–H groups in total. The molecule has 11 heteroatoms. The summed E-state index contributed by atoms with van der Waals surface area (Å²) in [6.45, 7) is 21.8. The summed E-state index contributed by atoms with van der Waals surface area (Å²) in [5.41, 5.74) is 0. The fourth-order valence-corrected chi connectivity index (χ4v) is 10.0. The Labute approximate surface area is 482 Å². The molecule has 2 atom stereocenters. The molecule has 11 nitrogen and oxygen atoms in total. The number of hydrogen-bond acceptors (Lipinski definition) is 11. The highest BCUT2D eigenvalue weighted by molar-refractivity contribution is 5.72. The molecule has 460 valence electrons. The van der Waals surface area contributed by atoms with Gasteiger partial charge in [0.05, 0.1) is 44.7 Å². The quantitative estimate of drug-likeness (QED) is 0.0206. The molecular formula is C67H128N2O9. The topological polar surface area (TPSA) is 124 Å². The molecule has 0 heterocycles. The van der Waals surface area contributed by atoms with Crippen LogP contribution < -0.4 is 0 Å². The fourth-order valence-electron chi connectivity index (χ4n) is 10.0. The number of ether oxygens (including phenoxy) is 5. The molecule has 2 unspecified atom stereocenters. The molecule has 0 aromatic rings. The predicted molar refractivity (Wildman–Crippen MR) is 328 cm³/mol. The van der Waals surface area contributed by atoms with Crippen LogP contribution in [0.2, 0.25) is 0 Å². The molecule has 0 amide bonds. The van der Waals surface area contributed by atoms with Gasteiger partial charge in [-0.05, 0) is 155 Å². The van der Waals surface area contributed by atoms with Gasteiger partial charge in [-0.25, -0.2) is 0 Å². The Hall–Kier alpha value is -2.31. The van der Waals surface area contributed by atoms with Crippen molar-refractivity contribution < 1.29 is 43.2 Å². The molecule has 0 aromatic heterocycles. The zero-order valence-corrected chi connectivity index (χ0v) is 52.2. The average Bonchev–Trinajstić information content (AvgIpc) is 3.44. The van der Waals surface area contributed by atoms with Crippen LogP contribution in [-0.4, -0.2) is 118 Å². The number of aliphatic hydroxyl groups is 1. The van der Waals surface area contributed by atoms with Crippen molar-refractivity contribution in [3.05, 3.63) is 24.3 Å². The molecule has 78 heavy (non-hydrogen) atoms. The zero-order chi connectivity index (χ0) is 57.0. The standard InChI is InChI=1S/C67H128N2O9/c1-7-13-19-23-28-39-58-75-65(76-59-40-29-24-20-14-8-2)49-48-64(71)74-57-38-30-25-37-52-69(55-56-70)54-43-53-68(50-35-26-31-41-60-77-66(72)62(44-17-11-5)46-33-21-15-9-3)51-36-27-32-42-61-78-67(73)63(45-18-12-6)47-34-22-16-10-4/h13-14,19-20,62-63,65,70H,7-12,15-18,21-61H2,1-6H3/b19-13-,20-14-. The molecular weight excluding hydrogens is 977 g/mol. The number of rotatable bonds is 62. The summed E-state index contributed by atoms with van der Waals surface area (Å²) < 4.78 is 29.5. The van der Waals surface area contributed by atoms with Crippen LogP contribution in [-0.2, 0) is 38.1 Å². The maximum Gasteiger partial charge on any atom is 0.308 e. The van der Waals surface area contributed by atoms with Crippen molar-refractivity contribution in [2.24, 2.45) is 11.8 Å². The molecule has 0 aliphatic heterocycles. The maximum absolute atomic E-state index is 13.0. The van der Waals surface area contributed by atoms with E-state index in [2.05, 4.69) is 75.6 Å². The van der Waals surface area contributed by atoms with E-state index in [1.165, 1.54) is 38.5 Å². The summed E-state index contributed by atoms with van der Waals surface area (Å²) in [5, 5.41) is 9.95. The second-order valence-corrected chi connectivity index (χ2v) is 22.4. The zero-order valence-electron chi connectivity index (χ0n) is 52.2. The number of nitrogens with zero attached hydrogens (tertiary/aromatic N) is 2. The van der Waals surface area contributed by atoms with Gasteiger partial charge in [0, 0.05) is 26.2 Å². The van der Waals surface area contributed by atoms with Crippen molar-refractivity contribution in [1.82, 2.24) is 9.80 Å². The SMILES string of the molecule is CC/C=C\CCCCOC(CCC(=O)OCCCCCCN(CCO)CCCN(CCCCCCOC(=O)C(CCCC)CCCCCC)CCCCCCOC(=O)C(CCCC)CCCCCC)OCCCC/C=C\CC. The molecule has 0 saturated heterocycles. The van der Waals surface area contributed by atoms with E-state index in [9.17, 15) is 19.5 Å². The summed E-state index contributed by atoms with van der Waals surface area (Å²) in [6.07, 6.45) is 49.0. The number of esters is 3. The van der Waals surface area contributed by atoms with Gasteiger partial charge in [0.15, 0.2) is 6.29 Å². The largest absolute Gasteiger partial charge is 0.466 e. The molecule has 0 radical (unpaired) electrons. The summed E-state index contributed by atoms with van der Waals surface area (Å²) in [6, 6.07) is 0. The third-order valence-electron chi connectivity index (χ3n) is 15.0. The van der Waals surface area contributed by atoms with Crippen molar-refractivity contribution in [2.75, 3.05) is 78.9 Å². The highest BCUT2D eigenvalue weighted by Crippen LogP contribution is 2.21. The first-order valence-electron chi connectivity index (χ1n) is 33.4. The van der Waals surface area contributed by atoms with Crippen molar-refractivity contribution in [2.45, 2.75) is 298 Å². The lowest BCUT2D eigenvalue weighted by Crippen LogP contribution is -2.33. The van der Waals surface area contributed by atoms with E-state index in [1.54, 1.807) is 0 Å². The van der Waals surface area contributed by atoms with Crippen molar-refractivity contribution >= 4 is 17.9 Å². The Morgan fingerprint density at radius 3 is 1.17 bits per heavy atom. The first-order valence-corrected chi connectivity index (χ1v) is 33.4. The highest BCUT2D eigenvalue weighted by Gasteiger charge is 2.21. The van der Waals surface area contributed by atoms with Crippen LogP contribution in [0.3, 0.4) is 0 Å². The van der Waals surface area contributed by atoms with Crippen molar-refractivity contribution in [1.29, 1.82) is 0 Å². The molecule has 0 aliphatic carbocycles. The third kappa shape index (κ3) is 50.6. The second kappa shape index (κ2) is 60.8. The van der Waals surface area contributed by atoms with Crippen LogP contribution in [0.25, 0.3) is 0 Å². The van der Waals surface area contributed by atoms with Crippen LogP contribution in [0.4, 0.5) is 0 Å². The van der Waals surface area contributed by atoms with Crippen LogP contribution in [0.15, 0.2) is 24.3 Å². The van der Waals surface area contributed by atoms with Gasteiger partial charge in [0.25, 0.3) is 0 Å². The van der Waals surface area contributed by atoms with Crippen LogP contribution >= 0.6 is 0 Å². The van der Waals surface area contributed by atoms with E-state index in [4.69, 9.17) is 23.7 Å². The minimum absolute atomic E-state index is 0.0218. The van der Waals surface area contributed by atoms with Crippen molar-refractivity contribution in [3.63, 3.8) is 0 Å². The number of allylic oxidation sites excluding steroid dienone is 4. The Morgan fingerprint density at radius 1 is 0.372 bits per heavy atom. The van der Waals surface area contributed by atoms with Gasteiger partial charge in [0.2, 0.25) is 0 Å². The van der Waals surface area contributed by atoms with Gasteiger partial charge in [0.1, 0.15) is 0 Å². The normalized spacial score (nSPS) is 12.7. The van der Waals surface area contributed by atoms with E-state index >= 15 is 0 Å². The van der Waals surface area contributed by atoms with Crippen molar-refractivity contribution in [3.8, 4) is 0 Å². The van der Waals surface area contributed by atoms with Gasteiger partial charge in [-0.1, -0.05) is 181 Å². The fraction of sp³-hybridized carbons (Fsp3) is 0.896. The van der Waals surface area contributed by atoms with E-state index in [-0.39, 0.29) is 42.6 Å². The Bertz CT molecular complexity index is 1270. The van der Waals surface area contributed by atoms with E-state index in [0.717, 1.165) is 232 Å². The third-order valence-corrected chi connectivity index (χ3v) is 15.0. The van der Waals surface area contributed by atoms with Crippen LogP contribution in [0.5, 0.6) is 0 Å². The first-order chi connectivity index (χ1) is 38.3. The molecule has 0 spiro atoms. The molecule has 0 aromatic carbocycles. The lowest BCUT2D eigenvalue weighted by Gasteiger charge is -2.26. The Balaban J connectivity index is 4.97. The van der Waals surface area contributed by atoms with Gasteiger partial charge in [-0.2, -0.15) is 0 Å². The Kier molecular flexibility index (Phi) is 59.0. The highest BCUT2D eigenvalue weighted by atomic mass is 16.7. The smallest absolute Gasteiger partial charge is 0.308 e. The van der Waals surface area contributed by atoms with Gasteiger partial charge in [-0.3, -0.25) is 14.4 Å². The number of carbonyl (C=O) groups is 3. The van der Waals surface area contributed by atoms with E-state index in [0.29, 0.717) is 52.4 Å². The van der Waals surface area contributed by atoms with Gasteiger partial charge >= 0.3 is 17.9 Å². The van der Waals surface area contributed by atoms with Gasteiger partial charge < -0.3 is 38.6 Å². The number of carbonyl (C=O) groups excluding carboxylic acids is 3.